The Kier molecular flexibility index (Phi) is 5.96. The molecule has 116 valence electrons. The molecule has 1 heterocycles. The van der Waals surface area contributed by atoms with E-state index in [4.69, 9.17) is 21.4 Å². The predicted octanol–water partition coefficient (Wildman–Crippen LogP) is 2.48. The van der Waals surface area contributed by atoms with Crippen LogP contribution in [0, 0.1) is 5.82 Å². The molecule has 1 aromatic carbocycles. The number of halogens is 2. The van der Waals surface area contributed by atoms with E-state index in [-0.39, 0.29) is 29.2 Å². The van der Waals surface area contributed by atoms with E-state index in [0.717, 1.165) is 18.9 Å². The van der Waals surface area contributed by atoms with Crippen LogP contribution in [0.25, 0.3) is 0 Å². The highest BCUT2D eigenvalue weighted by Crippen LogP contribution is 2.20. The number of piperidine rings is 1. The SMILES string of the molecule is O=C(c1ccc(Cl)cc1F)N1CCC(OCCCO)CC1. The van der Waals surface area contributed by atoms with Crippen molar-refractivity contribution in [1.29, 1.82) is 0 Å². The second kappa shape index (κ2) is 7.73. The molecule has 0 aromatic heterocycles. The number of amides is 1. The van der Waals surface area contributed by atoms with Crippen molar-refractivity contribution in [3.8, 4) is 0 Å². The average Bonchev–Trinajstić information content (AvgIpc) is 2.48. The minimum atomic E-state index is -0.589. The molecule has 1 aliphatic heterocycles. The lowest BCUT2D eigenvalue weighted by Crippen LogP contribution is -2.41. The standard InChI is InChI=1S/C15H19ClFNO3/c16-11-2-3-13(14(17)10-11)15(20)18-6-4-12(5-7-18)21-9-1-8-19/h2-3,10,12,19H,1,4-9H2. The highest BCUT2D eigenvalue weighted by Gasteiger charge is 2.25. The molecule has 0 saturated carbocycles. The fraction of sp³-hybridized carbons (Fsp3) is 0.533. The number of carbonyl (C=O) groups is 1. The van der Waals surface area contributed by atoms with E-state index in [1.165, 1.54) is 12.1 Å². The van der Waals surface area contributed by atoms with E-state index in [1.807, 2.05) is 0 Å². The summed E-state index contributed by atoms with van der Waals surface area (Å²) in [6, 6.07) is 4.09. The zero-order valence-corrected chi connectivity index (χ0v) is 12.5. The summed E-state index contributed by atoms with van der Waals surface area (Å²) >= 11 is 5.69. The molecule has 0 unspecified atom stereocenters. The number of aliphatic hydroxyl groups excluding tert-OH is 1. The summed E-state index contributed by atoms with van der Waals surface area (Å²) in [6.07, 6.45) is 2.18. The van der Waals surface area contributed by atoms with Crippen molar-refractivity contribution in [3.05, 3.63) is 34.6 Å². The van der Waals surface area contributed by atoms with Crippen molar-refractivity contribution in [2.24, 2.45) is 0 Å². The third-order valence-corrected chi connectivity index (χ3v) is 3.78. The van der Waals surface area contributed by atoms with Crippen molar-refractivity contribution < 1.29 is 19.0 Å². The second-order valence-electron chi connectivity index (χ2n) is 5.06. The Bertz CT molecular complexity index is 490. The first kappa shape index (κ1) is 16.2. The molecule has 6 heteroatoms. The van der Waals surface area contributed by atoms with E-state index in [2.05, 4.69) is 0 Å². The minimum absolute atomic E-state index is 0.0547. The molecule has 0 atom stereocenters. The van der Waals surface area contributed by atoms with Gasteiger partial charge in [0.1, 0.15) is 5.82 Å². The van der Waals surface area contributed by atoms with Crippen molar-refractivity contribution in [2.45, 2.75) is 25.4 Å². The fourth-order valence-electron chi connectivity index (χ4n) is 2.37. The smallest absolute Gasteiger partial charge is 0.256 e. The first-order valence-corrected chi connectivity index (χ1v) is 7.46. The number of hydrogen-bond acceptors (Lipinski definition) is 3. The maximum atomic E-state index is 13.8. The first-order valence-electron chi connectivity index (χ1n) is 7.08. The zero-order valence-electron chi connectivity index (χ0n) is 11.7. The van der Waals surface area contributed by atoms with Gasteiger partial charge in [0.25, 0.3) is 5.91 Å². The molecule has 0 bridgehead atoms. The summed E-state index contributed by atoms with van der Waals surface area (Å²) in [4.78, 5) is 13.9. The number of carbonyl (C=O) groups excluding carboxylic acids is 1. The summed E-state index contributed by atoms with van der Waals surface area (Å²) < 4.78 is 19.4. The van der Waals surface area contributed by atoms with Crippen LogP contribution in [-0.2, 0) is 4.74 Å². The van der Waals surface area contributed by atoms with E-state index in [1.54, 1.807) is 4.90 Å². The molecule has 0 aliphatic carbocycles. The quantitative estimate of drug-likeness (QED) is 0.849. The van der Waals surface area contributed by atoms with Gasteiger partial charge in [-0.2, -0.15) is 0 Å². The van der Waals surface area contributed by atoms with Gasteiger partial charge in [-0.1, -0.05) is 11.6 Å². The van der Waals surface area contributed by atoms with Gasteiger partial charge in [-0.25, -0.2) is 4.39 Å². The first-order chi connectivity index (χ1) is 10.1. The predicted molar refractivity (Wildman–Crippen MR) is 78.0 cm³/mol. The van der Waals surface area contributed by atoms with E-state index < -0.39 is 5.82 Å². The lowest BCUT2D eigenvalue weighted by atomic mass is 10.1. The van der Waals surface area contributed by atoms with Gasteiger partial charge in [0.2, 0.25) is 0 Å². The molecule has 1 saturated heterocycles. The molecule has 0 spiro atoms. The Hall–Kier alpha value is -1.17. The Morgan fingerprint density at radius 2 is 2.14 bits per heavy atom. The molecule has 0 radical (unpaired) electrons. The van der Waals surface area contributed by atoms with Gasteiger partial charge >= 0.3 is 0 Å². The molecule has 1 aromatic rings. The lowest BCUT2D eigenvalue weighted by molar-refractivity contribution is 0.00388. The van der Waals surface area contributed by atoms with Crippen LogP contribution in [0.1, 0.15) is 29.6 Å². The maximum absolute atomic E-state index is 13.8. The highest BCUT2D eigenvalue weighted by molar-refractivity contribution is 6.30. The Labute approximate surface area is 128 Å². The third-order valence-electron chi connectivity index (χ3n) is 3.55. The van der Waals surface area contributed by atoms with Crippen LogP contribution in [0.4, 0.5) is 4.39 Å². The molecule has 1 amide bonds. The van der Waals surface area contributed by atoms with Crippen LogP contribution in [0.5, 0.6) is 0 Å². The summed E-state index contributed by atoms with van der Waals surface area (Å²) in [7, 11) is 0. The Morgan fingerprint density at radius 1 is 1.43 bits per heavy atom. The van der Waals surface area contributed by atoms with Crippen molar-refractivity contribution in [3.63, 3.8) is 0 Å². The van der Waals surface area contributed by atoms with Gasteiger partial charge in [-0.15, -0.1) is 0 Å². The van der Waals surface area contributed by atoms with E-state index in [0.29, 0.717) is 26.1 Å². The Morgan fingerprint density at radius 3 is 2.76 bits per heavy atom. The number of hydrogen-bond donors (Lipinski definition) is 1. The fourth-order valence-corrected chi connectivity index (χ4v) is 2.53. The van der Waals surface area contributed by atoms with Crippen LogP contribution in [0.15, 0.2) is 18.2 Å². The van der Waals surface area contributed by atoms with Gasteiger partial charge in [0.05, 0.1) is 11.7 Å². The van der Waals surface area contributed by atoms with Crippen LogP contribution in [0.3, 0.4) is 0 Å². The Balaban J connectivity index is 1.88. The van der Waals surface area contributed by atoms with Crippen molar-refractivity contribution in [1.82, 2.24) is 4.90 Å². The van der Waals surface area contributed by atoms with Crippen LogP contribution in [0.2, 0.25) is 5.02 Å². The van der Waals surface area contributed by atoms with Crippen LogP contribution < -0.4 is 0 Å². The number of rotatable bonds is 5. The zero-order chi connectivity index (χ0) is 15.2. The number of likely N-dealkylation sites (tertiary alicyclic amines) is 1. The molecule has 1 N–H and O–H groups in total. The monoisotopic (exact) mass is 315 g/mol. The molecule has 1 fully saturated rings. The topological polar surface area (TPSA) is 49.8 Å². The molecule has 2 rings (SSSR count). The number of benzene rings is 1. The van der Waals surface area contributed by atoms with Gasteiger partial charge in [-0.05, 0) is 37.5 Å². The van der Waals surface area contributed by atoms with Crippen LogP contribution >= 0.6 is 11.6 Å². The summed E-state index contributed by atoms with van der Waals surface area (Å²) in [6.45, 7) is 1.74. The normalized spacial score (nSPS) is 16.2. The molecule has 21 heavy (non-hydrogen) atoms. The third kappa shape index (κ3) is 4.40. The number of aliphatic hydroxyl groups is 1. The van der Waals surface area contributed by atoms with Gasteiger partial charge in [0.15, 0.2) is 0 Å². The largest absolute Gasteiger partial charge is 0.396 e. The van der Waals surface area contributed by atoms with E-state index in [9.17, 15) is 9.18 Å². The minimum Gasteiger partial charge on any atom is -0.396 e. The van der Waals surface area contributed by atoms with Gasteiger partial charge in [-0.3, -0.25) is 4.79 Å². The lowest BCUT2D eigenvalue weighted by Gasteiger charge is -2.32. The van der Waals surface area contributed by atoms with Gasteiger partial charge in [0, 0.05) is 31.3 Å². The maximum Gasteiger partial charge on any atom is 0.256 e. The number of ether oxygens (including phenoxy) is 1. The summed E-state index contributed by atoms with van der Waals surface area (Å²) in [5, 5.41) is 8.98. The van der Waals surface area contributed by atoms with Gasteiger partial charge < -0.3 is 14.7 Å². The van der Waals surface area contributed by atoms with E-state index >= 15 is 0 Å². The average molecular weight is 316 g/mol. The summed E-state index contributed by atoms with van der Waals surface area (Å²) in [5.74, 6) is -0.896. The van der Waals surface area contributed by atoms with Crippen molar-refractivity contribution >= 4 is 17.5 Å². The second-order valence-corrected chi connectivity index (χ2v) is 5.50. The summed E-state index contributed by atoms with van der Waals surface area (Å²) in [5.41, 5.74) is 0.0547. The molecule has 1 aliphatic rings. The van der Waals surface area contributed by atoms with Crippen molar-refractivity contribution in [2.75, 3.05) is 26.3 Å². The van der Waals surface area contributed by atoms with Crippen LogP contribution in [-0.4, -0.2) is 48.3 Å². The number of nitrogens with zero attached hydrogens (tertiary/aromatic N) is 1. The molecular weight excluding hydrogens is 297 g/mol. The molecule has 4 nitrogen and oxygen atoms in total. The molecular formula is C15H19ClFNO3. The highest BCUT2D eigenvalue weighted by atomic mass is 35.5.